The minimum atomic E-state index is 0.813. The molecule has 4 heteroatoms. The lowest BCUT2D eigenvalue weighted by Crippen LogP contribution is -2.21. The van der Waals surface area contributed by atoms with Gasteiger partial charge in [-0.05, 0) is 66.4 Å². The molecule has 0 bridgehead atoms. The third-order valence-electron chi connectivity index (χ3n) is 3.32. The minimum absolute atomic E-state index is 0.813. The third kappa shape index (κ3) is 5.55. The van der Waals surface area contributed by atoms with Crippen LogP contribution in [0.25, 0.3) is 0 Å². The standard InChI is InChI=1S/C17H22IN3/c1-21(13-14-6-3-2-4-7-14)11-5-10-20-17-9-8-15(19)12-16(17)18/h2-4,6-9,12,20H,5,10-11,13,19H2,1H3. The molecule has 0 atom stereocenters. The molecule has 3 N–H and O–H groups in total. The van der Waals surface area contributed by atoms with Crippen LogP contribution in [0.2, 0.25) is 0 Å². The molecule has 0 amide bonds. The SMILES string of the molecule is CN(CCCNc1ccc(N)cc1I)Cc1ccccc1. The van der Waals surface area contributed by atoms with E-state index in [4.69, 9.17) is 5.73 Å². The Morgan fingerprint density at radius 3 is 2.62 bits per heavy atom. The van der Waals surface area contributed by atoms with Gasteiger partial charge in [0.2, 0.25) is 0 Å². The number of hydrogen-bond acceptors (Lipinski definition) is 3. The first-order valence-electron chi connectivity index (χ1n) is 7.16. The van der Waals surface area contributed by atoms with Gasteiger partial charge in [0.25, 0.3) is 0 Å². The molecular formula is C17H22IN3. The van der Waals surface area contributed by atoms with Crippen molar-refractivity contribution < 1.29 is 0 Å². The molecule has 0 radical (unpaired) electrons. The zero-order valence-corrected chi connectivity index (χ0v) is 14.5. The van der Waals surface area contributed by atoms with Gasteiger partial charge in [0, 0.05) is 28.0 Å². The molecule has 0 saturated carbocycles. The molecular weight excluding hydrogens is 373 g/mol. The van der Waals surface area contributed by atoms with Crippen molar-refractivity contribution in [2.45, 2.75) is 13.0 Å². The molecule has 0 aromatic heterocycles. The lowest BCUT2D eigenvalue weighted by atomic mass is 10.2. The fourth-order valence-electron chi connectivity index (χ4n) is 2.22. The van der Waals surface area contributed by atoms with Crippen molar-refractivity contribution in [3.05, 3.63) is 57.7 Å². The first-order chi connectivity index (χ1) is 10.1. The predicted molar refractivity (Wildman–Crippen MR) is 99.5 cm³/mol. The number of nitrogen functional groups attached to an aromatic ring is 1. The van der Waals surface area contributed by atoms with E-state index in [-0.39, 0.29) is 0 Å². The van der Waals surface area contributed by atoms with Crippen LogP contribution in [0.1, 0.15) is 12.0 Å². The number of benzene rings is 2. The molecule has 112 valence electrons. The van der Waals surface area contributed by atoms with Crippen LogP contribution in [-0.4, -0.2) is 25.0 Å². The van der Waals surface area contributed by atoms with E-state index >= 15 is 0 Å². The van der Waals surface area contributed by atoms with E-state index in [2.05, 4.69) is 70.2 Å². The van der Waals surface area contributed by atoms with Crippen molar-refractivity contribution in [3.63, 3.8) is 0 Å². The molecule has 3 nitrogen and oxygen atoms in total. The molecule has 0 aliphatic heterocycles. The van der Waals surface area contributed by atoms with Gasteiger partial charge in [-0.15, -0.1) is 0 Å². The second-order valence-electron chi connectivity index (χ2n) is 5.24. The fraction of sp³-hybridized carbons (Fsp3) is 0.294. The van der Waals surface area contributed by atoms with Gasteiger partial charge in [-0.1, -0.05) is 30.3 Å². The number of nitrogens with zero attached hydrogens (tertiary/aromatic N) is 1. The quantitative estimate of drug-likeness (QED) is 0.426. The largest absolute Gasteiger partial charge is 0.399 e. The zero-order chi connectivity index (χ0) is 15.1. The average Bonchev–Trinajstić information content (AvgIpc) is 2.46. The molecule has 0 aliphatic rings. The minimum Gasteiger partial charge on any atom is -0.399 e. The Morgan fingerprint density at radius 1 is 1.14 bits per heavy atom. The van der Waals surface area contributed by atoms with Crippen molar-refractivity contribution in [2.75, 3.05) is 31.2 Å². The summed E-state index contributed by atoms with van der Waals surface area (Å²) >= 11 is 2.31. The van der Waals surface area contributed by atoms with E-state index in [0.29, 0.717) is 0 Å². The van der Waals surface area contributed by atoms with Crippen LogP contribution in [0.4, 0.5) is 11.4 Å². The molecule has 21 heavy (non-hydrogen) atoms. The molecule has 0 aliphatic carbocycles. The fourth-order valence-corrected chi connectivity index (χ4v) is 2.95. The van der Waals surface area contributed by atoms with Crippen molar-refractivity contribution in [1.82, 2.24) is 4.90 Å². The van der Waals surface area contributed by atoms with E-state index in [1.54, 1.807) is 0 Å². The number of anilines is 2. The summed E-state index contributed by atoms with van der Waals surface area (Å²) in [5, 5.41) is 3.47. The number of halogens is 1. The highest BCUT2D eigenvalue weighted by Gasteiger charge is 2.01. The Kier molecular flexibility index (Phi) is 6.32. The third-order valence-corrected chi connectivity index (χ3v) is 4.21. The van der Waals surface area contributed by atoms with Crippen molar-refractivity contribution in [1.29, 1.82) is 0 Å². The second kappa shape index (κ2) is 8.24. The van der Waals surface area contributed by atoms with Gasteiger partial charge in [0.15, 0.2) is 0 Å². The Morgan fingerprint density at radius 2 is 1.90 bits per heavy atom. The first-order valence-corrected chi connectivity index (χ1v) is 8.24. The lowest BCUT2D eigenvalue weighted by Gasteiger charge is -2.17. The lowest BCUT2D eigenvalue weighted by molar-refractivity contribution is 0.325. The maximum absolute atomic E-state index is 5.76. The van der Waals surface area contributed by atoms with Gasteiger partial charge in [-0.3, -0.25) is 0 Å². The van der Waals surface area contributed by atoms with Gasteiger partial charge < -0.3 is 16.0 Å². The molecule has 0 saturated heterocycles. The van der Waals surface area contributed by atoms with Crippen LogP contribution in [0.5, 0.6) is 0 Å². The van der Waals surface area contributed by atoms with Crippen molar-refractivity contribution >= 4 is 34.0 Å². The molecule has 0 spiro atoms. The summed E-state index contributed by atoms with van der Waals surface area (Å²) in [5.74, 6) is 0. The summed E-state index contributed by atoms with van der Waals surface area (Å²) in [6.45, 7) is 3.05. The topological polar surface area (TPSA) is 41.3 Å². The van der Waals surface area contributed by atoms with E-state index in [1.165, 1.54) is 9.13 Å². The summed E-state index contributed by atoms with van der Waals surface area (Å²) in [4.78, 5) is 2.35. The summed E-state index contributed by atoms with van der Waals surface area (Å²) in [6.07, 6.45) is 1.11. The highest BCUT2D eigenvalue weighted by molar-refractivity contribution is 14.1. The monoisotopic (exact) mass is 395 g/mol. The van der Waals surface area contributed by atoms with E-state index in [9.17, 15) is 0 Å². The Balaban J connectivity index is 1.69. The van der Waals surface area contributed by atoms with E-state index < -0.39 is 0 Å². The van der Waals surface area contributed by atoms with Crippen LogP contribution in [-0.2, 0) is 6.54 Å². The zero-order valence-electron chi connectivity index (χ0n) is 12.3. The normalized spacial score (nSPS) is 10.8. The maximum Gasteiger partial charge on any atom is 0.0477 e. The number of nitrogens with two attached hydrogens (primary N) is 1. The van der Waals surface area contributed by atoms with Gasteiger partial charge in [0.1, 0.15) is 0 Å². The highest BCUT2D eigenvalue weighted by Crippen LogP contribution is 2.20. The second-order valence-corrected chi connectivity index (χ2v) is 6.41. The smallest absolute Gasteiger partial charge is 0.0477 e. The molecule has 0 unspecified atom stereocenters. The summed E-state index contributed by atoms with van der Waals surface area (Å²) in [6, 6.07) is 16.6. The molecule has 0 fully saturated rings. The Hall–Kier alpha value is -1.27. The van der Waals surface area contributed by atoms with Gasteiger partial charge in [0.05, 0.1) is 0 Å². The summed E-state index contributed by atoms with van der Waals surface area (Å²) in [5.41, 5.74) is 9.09. The maximum atomic E-state index is 5.76. The first kappa shape index (κ1) is 16.1. The van der Waals surface area contributed by atoms with Crippen LogP contribution < -0.4 is 11.1 Å². The molecule has 2 aromatic carbocycles. The molecule has 2 aromatic rings. The number of nitrogens with one attached hydrogen (secondary N) is 1. The molecule has 2 rings (SSSR count). The van der Waals surface area contributed by atoms with Gasteiger partial charge >= 0.3 is 0 Å². The van der Waals surface area contributed by atoms with Crippen LogP contribution in [0, 0.1) is 3.57 Å². The molecule has 0 heterocycles. The Bertz CT molecular complexity index is 557. The summed E-state index contributed by atoms with van der Waals surface area (Å²) in [7, 11) is 2.17. The average molecular weight is 395 g/mol. The highest BCUT2D eigenvalue weighted by atomic mass is 127. The summed E-state index contributed by atoms with van der Waals surface area (Å²) < 4.78 is 1.17. The predicted octanol–water partition coefficient (Wildman–Crippen LogP) is 3.81. The van der Waals surface area contributed by atoms with E-state index in [0.717, 1.165) is 37.4 Å². The van der Waals surface area contributed by atoms with Gasteiger partial charge in [-0.25, -0.2) is 0 Å². The Labute approximate surface area is 140 Å². The van der Waals surface area contributed by atoms with Crippen molar-refractivity contribution in [2.24, 2.45) is 0 Å². The van der Waals surface area contributed by atoms with Gasteiger partial charge in [-0.2, -0.15) is 0 Å². The van der Waals surface area contributed by atoms with Crippen molar-refractivity contribution in [3.8, 4) is 0 Å². The number of hydrogen-bond donors (Lipinski definition) is 2. The van der Waals surface area contributed by atoms with Crippen LogP contribution in [0.3, 0.4) is 0 Å². The van der Waals surface area contributed by atoms with Crippen LogP contribution >= 0.6 is 22.6 Å². The van der Waals surface area contributed by atoms with Crippen LogP contribution in [0.15, 0.2) is 48.5 Å². The van der Waals surface area contributed by atoms with E-state index in [1.807, 2.05) is 18.2 Å². The number of rotatable bonds is 7.